The third kappa shape index (κ3) is 0.359. The van der Waals surface area contributed by atoms with E-state index in [0.29, 0.717) is 6.04 Å². The molecule has 3 fully saturated rings. The molecule has 2 saturated heterocycles. The maximum Gasteiger partial charge on any atom is 0.117 e. The first-order chi connectivity index (χ1) is 3.29. The quantitative estimate of drug-likeness (QED) is 0.442. The van der Waals surface area contributed by atoms with E-state index in [2.05, 4.69) is 5.32 Å². The van der Waals surface area contributed by atoms with Gasteiger partial charge in [0.05, 0.1) is 0 Å². The Balaban J connectivity index is 2.20. The first kappa shape index (κ1) is 3.87. The van der Waals surface area contributed by atoms with Gasteiger partial charge < -0.3 is 5.11 Å². The normalized spacial score (nSPS) is 57.0. The van der Waals surface area contributed by atoms with Crippen LogP contribution >= 0.6 is 0 Å². The van der Waals surface area contributed by atoms with Gasteiger partial charge in [-0.25, -0.2) is 0 Å². The van der Waals surface area contributed by atoms with Crippen LogP contribution in [0.3, 0.4) is 0 Å². The minimum Gasteiger partial charge on any atom is -0.376 e. The average molecular weight is 99.1 g/mol. The molecule has 0 aromatic heterocycles. The van der Waals surface area contributed by atoms with Crippen LogP contribution in [-0.2, 0) is 0 Å². The Morgan fingerprint density at radius 2 is 2.43 bits per heavy atom. The summed E-state index contributed by atoms with van der Waals surface area (Å²) in [6.45, 7) is 0. The number of hydrogen-bond acceptors (Lipinski definition) is 2. The largest absolute Gasteiger partial charge is 0.376 e. The lowest BCUT2D eigenvalue weighted by atomic mass is 10.1. The molecule has 1 aliphatic carbocycles. The molecule has 2 bridgehead atoms. The number of nitrogens with one attached hydrogen (secondary N) is 1. The van der Waals surface area contributed by atoms with Gasteiger partial charge in [0.15, 0.2) is 0 Å². The van der Waals surface area contributed by atoms with Crippen LogP contribution in [0.15, 0.2) is 0 Å². The van der Waals surface area contributed by atoms with E-state index in [0.717, 1.165) is 12.8 Å². The van der Waals surface area contributed by atoms with Crippen LogP contribution in [0.5, 0.6) is 0 Å². The highest BCUT2D eigenvalue weighted by Gasteiger charge is 2.48. The van der Waals surface area contributed by atoms with Gasteiger partial charge >= 0.3 is 0 Å². The molecule has 0 aromatic carbocycles. The number of aliphatic hydroxyl groups is 1. The molecule has 2 heteroatoms. The predicted octanol–water partition coefficient (Wildman–Crippen LogP) is -0.169. The van der Waals surface area contributed by atoms with E-state index < -0.39 is 5.72 Å². The maximum absolute atomic E-state index is 9.15. The monoisotopic (exact) mass is 99.1 g/mol. The molecule has 0 aromatic rings. The molecular weight excluding hydrogens is 90.1 g/mol. The second-order valence-corrected chi connectivity index (χ2v) is 2.62. The van der Waals surface area contributed by atoms with Crippen molar-refractivity contribution in [3.05, 3.63) is 0 Å². The van der Waals surface area contributed by atoms with Crippen LogP contribution in [0, 0.1) is 0 Å². The van der Waals surface area contributed by atoms with E-state index in [1.165, 1.54) is 6.42 Å². The summed E-state index contributed by atoms with van der Waals surface area (Å²) in [6.07, 6.45) is 3.14. The molecule has 1 saturated carbocycles. The van der Waals surface area contributed by atoms with Crippen molar-refractivity contribution in [2.75, 3.05) is 0 Å². The molecule has 40 valence electrons. The molecule has 3 aliphatic rings. The average Bonchev–Trinajstić information content (AvgIpc) is 1.88. The molecule has 0 amide bonds. The second-order valence-electron chi connectivity index (χ2n) is 2.62. The molecule has 2 N–H and O–H groups in total. The van der Waals surface area contributed by atoms with Gasteiger partial charge in [0.2, 0.25) is 0 Å². The Morgan fingerprint density at radius 1 is 1.71 bits per heavy atom. The molecule has 2 atom stereocenters. The van der Waals surface area contributed by atoms with Crippen LogP contribution in [0.4, 0.5) is 0 Å². The van der Waals surface area contributed by atoms with Gasteiger partial charge in [0.1, 0.15) is 5.72 Å². The minimum absolute atomic E-state index is 0.412. The van der Waals surface area contributed by atoms with Crippen LogP contribution in [-0.4, -0.2) is 16.9 Å². The van der Waals surface area contributed by atoms with Crippen molar-refractivity contribution in [2.45, 2.75) is 31.0 Å². The fourth-order valence-corrected chi connectivity index (χ4v) is 1.53. The molecule has 2 unspecified atom stereocenters. The summed E-state index contributed by atoms with van der Waals surface area (Å²) in [5.41, 5.74) is -0.412. The Kier molecular flexibility index (Phi) is 0.474. The highest BCUT2D eigenvalue weighted by molar-refractivity contribution is 5.02. The van der Waals surface area contributed by atoms with Crippen molar-refractivity contribution in [2.24, 2.45) is 0 Å². The van der Waals surface area contributed by atoms with Gasteiger partial charge in [-0.3, -0.25) is 5.32 Å². The molecule has 3 rings (SSSR count). The van der Waals surface area contributed by atoms with Crippen molar-refractivity contribution >= 4 is 0 Å². The van der Waals surface area contributed by atoms with Gasteiger partial charge in [-0.15, -0.1) is 0 Å². The van der Waals surface area contributed by atoms with Gasteiger partial charge in [-0.05, 0) is 12.8 Å². The Morgan fingerprint density at radius 3 is 2.57 bits per heavy atom. The zero-order valence-electron chi connectivity index (χ0n) is 4.15. The fourth-order valence-electron chi connectivity index (χ4n) is 1.53. The minimum atomic E-state index is -0.412. The van der Waals surface area contributed by atoms with E-state index in [9.17, 15) is 0 Å². The Bertz CT molecular complexity index is 90.7. The maximum atomic E-state index is 9.15. The van der Waals surface area contributed by atoms with E-state index in [1.54, 1.807) is 0 Å². The zero-order chi connectivity index (χ0) is 4.91. The van der Waals surface area contributed by atoms with Crippen molar-refractivity contribution in [3.63, 3.8) is 0 Å². The van der Waals surface area contributed by atoms with Crippen molar-refractivity contribution in [3.8, 4) is 0 Å². The van der Waals surface area contributed by atoms with E-state index in [1.807, 2.05) is 0 Å². The zero-order valence-corrected chi connectivity index (χ0v) is 4.15. The summed E-state index contributed by atoms with van der Waals surface area (Å²) in [6, 6.07) is 0.657. The summed E-state index contributed by atoms with van der Waals surface area (Å²) >= 11 is 0. The first-order valence-electron chi connectivity index (χ1n) is 2.79. The van der Waals surface area contributed by atoms with E-state index in [-0.39, 0.29) is 0 Å². The highest BCUT2D eigenvalue weighted by Crippen LogP contribution is 2.37. The van der Waals surface area contributed by atoms with Gasteiger partial charge in [0, 0.05) is 12.5 Å². The third-order valence-corrected chi connectivity index (χ3v) is 1.96. The lowest BCUT2D eigenvalue weighted by Crippen LogP contribution is -2.55. The SMILES string of the molecule is OC12CCC(C1)N2. The van der Waals surface area contributed by atoms with E-state index in [4.69, 9.17) is 5.11 Å². The molecule has 2 aliphatic heterocycles. The van der Waals surface area contributed by atoms with E-state index >= 15 is 0 Å². The molecule has 2 heterocycles. The summed E-state index contributed by atoms with van der Waals surface area (Å²) in [5.74, 6) is 0. The van der Waals surface area contributed by atoms with Crippen molar-refractivity contribution < 1.29 is 5.11 Å². The number of fused-ring (bicyclic) bond motifs is 1. The fraction of sp³-hybridized carbons (Fsp3) is 1.00. The number of hydrogen-bond donors (Lipinski definition) is 2. The third-order valence-electron chi connectivity index (χ3n) is 1.96. The highest BCUT2D eigenvalue weighted by atomic mass is 16.3. The van der Waals surface area contributed by atoms with Crippen molar-refractivity contribution in [1.29, 1.82) is 0 Å². The van der Waals surface area contributed by atoms with Crippen LogP contribution in [0.1, 0.15) is 19.3 Å². The predicted molar refractivity (Wildman–Crippen MR) is 25.7 cm³/mol. The Hall–Kier alpha value is -0.0800. The van der Waals surface area contributed by atoms with Crippen LogP contribution < -0.4 is 5.32 Å². The summed E-state index contributed by atoms with van der Waals surface area (Å²) < 4.78 is 0. The van der Waals surface area contributed by atoms with Gasteiger partial charge in [0.25, 0.3) is 0 Å². The first-order valence-corrected chi connectivity index (χ1v) is 2.79. The Labute approximate surface area is 42.5 Å². The van der Waals surface area contributed by atoms with Crippen LogP contribution in [0.25, 0.3) is 0 Å². The molecular formula is C5H9NO. The smallest absolute Gasteiger partial charge is 0.117 e. The number of rotatable bonds is 0. The molecule has 0 radical (unpaired) electrons. The van der Waals surface area contributed by atoms with Crippen molar-refractivity contribution in [1.82, 2.24) is 5.32 Å². The van der Waals surface area contributed by atoms with Gasteiger partial charge in [-0.1, -0.05) is 0 Å². The summed E-state index contributed by atoms with van der Waals surface area (Å²) in [5, 5.41) is 12.2. The molecule has 7 heavy (non-hydrogen) atoms. The molecule has 2 nitrogen and oxygen atoms in total. The van der Waals surface area contributed by atoms with Crippen LogP contribution in [0.2, 0.25) is 0 Å². The summed E-state index contributed by atoms with van der Waals surface area (Å²) in [4.78, 5) is 0. The lowest BCUT2D eigenvalue weighted by molar-refractivity contribution is -0.0377. The molecule has 0 spiro atoms. The topological polar surface area (TPSA) is 32.3 Å². The van der Waals surface area contributed by atoms with Gasteiger partial charge in [-0.2, -0.15) is 0 Å². The standard InChI is InChI=1S/C5H9NO/c7-5-2-1-4(3-5)6-5/h4,6-7H,1-3H2. The second kappa shape index (κ2) is 0.858. The lowest BCUT2D eigenvalue weighted by Gasteiger charge is -2.34. The summed E-state index contributed by atoms with van der Waals surface area (Å²) in [7, 11) is 0.